The minimum Gasteiger partial charge on any atom is -0.447 e. The number of nitrogens with zero attached hydrogens (tertiary/aromatic N) is 6. The van der Waals surface area contributed by atoms with Gasteiger partial charge in [0.2, 0.25) is 0 Å². The first kappa shape index (κ1) is 30.9. The average Bonchev–Trinajstić information content (AvgIpc) is 3.91. The molecule has 2 atom stereocenters. The maximum atomic E-state index is 14.9. The molecule has 1 aliphatic heterocycles. The molecule has 2 aromatic carbocycles. The minimum absolute atomic E-state index is 0.0810. The van der Waals surface area contributed by atoms with E-state index in [1.807, 2.05) is 35.1 Å². The Kier molecular flexibility index (Phi) is 7.78. The molecule has 244 valence electrons. The van der Waals surface area contributed by atoms with E-state index in [0.717, 1.165) is 42.4 Å². The molecular formula is C34H38ClN9O3. The third-order valence-corrected chi connectivity index (χ3v) is 9.11. The van der Waals surface area contributed by atoms with Crippen molar-refractivity contribution in [2.75, 3.05) is 6.61 Å². The Bertz CT molecular complexity index is 1810. The van der Waals surface area contributed by atoms with Crippen molar-refractivity contribution in [1.82, 2.24) is 40.1 Å². The zero-order chi connectivity index (χ0) is 32.9. The average molecular weight is 656 g/mol. The smallest absolute Gasteiger partial charge is 0.407 e. The van der Waals surface area contributed by atoms with Gasteiger partial charge in [-0.15, -0.1) is 0 Å². The van der Waals surface area contributed by atoms with E-state index in [4.69, 9.17) is 16.3 Å². The van der Waals surface area contributed by atoms with Crippen LogP contribution < -0.4 is 10.6 Å². The van der Waals surface area contributed by atoms with Crippen molar-refractivity contribution in [3.05, 3.63) is 83.7 Å². The van der Waals surface area contributed by atoms with Gasteiger partial charge in [-0.05, 0) is 66.3 Å². The van der Waals surface area contributed by atoms with E-state index < -0.39 is 17.7 Å². The molecule has 3 N–H and O–H groups in total. The van der Waals surface area contributed by atoms with Crippen molar-refractivity contribution >= 4 is 29.6 Å². The first-order valence-corrected chi connectivity index (χ1v) is 16.3. The molecule has 4 aromatic rings. The Morgan fingerprint density at radius 2 is 1.89 bits per heavy atom. The molecule has 2 amide bonds. The largest absolute Gasteiger partial charge is 0.447 e. The standard InChI is InChI=1S/C34H38ClN9O3/c1-33(2,3)18-34(24-7-4-21(5-8-24)23-15-38-42(16-23)26-11-12-26)30(45)44(31(36)41-34)29(17-47-32(46)40-25-9-10-25)22-6-13-27(35)28(14-22)43-20-37-19-39-43/h4-8,13-16,19-20,25-26,29H,9-12,17-18H2,1-3H3,(H2,36,41)(H,40,46)/t29-,34-/m1/s1. The number of halogens is 1. The number of alkyl carbamates (subject to hydrolysis) is 1. The predicted octanol–water partition coefficient (Wildman–Crippen LogP) is 5.75. The Balaban J connectivity index is 1.24. The summed E-state index contributed by atoms with van der Waals surface area (Å²) in [5.74, 6) is -0.386. The number of carbonyl (C=O) groups is 2. The Hall–Kier alpha value is -4.71. The van der Waals surface area contributed by atoms with Crippen LogP contribution in [0.4, 0.5) is 4.79 Å². The molecule has 0 radical (unpaired) electrons. The van der Waals surface area contributed by atoms with Crippen LogP contribution in [0.15, 0.2) is 67.5 Å². The number of amides is 2. The summed E-state index contributed by atoms with van der Waals surface area (Å²) in [7, 11) is 0. The van der Waals surface area contributed by atoms with Crippen LogP contribution in [0.2, 0.25) is 5.02 Å². The van der Waals surface area contributed by atoms with Crippen molar-refractivity contribution in [2.45, 2.75) is 76.5 Å². The first-order chi connectivity index (χ1) is 22.5. The van der Waals surface area contributed by atoms with Gasteiger partial charge in [0, 0.05) is 17.8 Å². The highest BCUT2D eigenvalue weighted by Gasteiger charge is 2.54. The lowest BCUT2D eigenvalue weighted by molar-refractivity contribution is -0.134. The molecule has 13 heteroatoms. The highest BCUT2D eigenvalue weighted by atomic mass is 35.5. The maximum absolute atomic E-state index is 14.9. The third-order valence-electron chi connectivity index (χ3n) is 8.79. The number of ether oxygens (including phenoxy) is 1. The topological polar surface area (TPSA) is 143 Å². The number of carbonyl (C=O) groups excluding carboxylic acids is 2. The quantitative estimate of drug-likeness (QED) is 0.197. The highest BCUT2D eigenvalue weighted by molar-refractivity contribution is 6.32. The van der Waals surface area contributed by atoms with Crippen molar-refractivity contribution in [3.63, 3.8) is 0 Å². The number of rotatable bonds is 10. The molecular weight excluding hydrogens is 618 g/mol. The van der Waals surface area contributed by atoms with Crippen LogP contribution in [0.1, 0.15) is 76.1 Å². The Morgan fingerprint density at radius 1 is 1.13 bits per heavy atom. The van der Waals surface area contributed by atoms with Crippen LogP contribution in [0.25, 0.3) is 16.8 Å². The van der Waals surface area contributed by atoms with Gasteiger partial charge in [0.15, 0.2) is 5.96 Å². The summed E-state index contributed by atoms with van der Waals surface area (Å²) in [5, 5.41) is 24.5. The molecule has 3 aliphatic rings. The predicted molar refractivity (Wildman–Crippen MR) is 176 cm³/mol. The van der Waals surface area contributed by atoms with Gasteiger partial charge in [-0.2, -0.15) is 10.2 Å². The first-order valence-electron chi connectivity index (χ1n) is 15.9. The van der Waals surface area contributed by atoms with E-state index in [2.05, 4.69) is 52.8 Å². The lowest BCUT2D eigenvalue weighted by atomic mass is 9.75. The monoisotopic (exact) mass is 655 g/mol. The fourth-order valence-electron chi connectivity index (χ4n) is 6.26. The zero-order valence-electron chi connectivity index (χ0n) is 26.6. The molecule has 12 nitrogen and oxygen atoms in total. The molecule has 3 fully saturated rings. The molecule has 1 saturated heterocycles. The van der Waals surface area contributed by atoms with Gasteiger partial charge in [0.25, 0.3) is 5.91 Å². The second kappa shape index (κ2) is 11.8. The number of benzene rings is 2. The number of aromatic nitrogens is 5. The maximum Gasteiger partial charge on any atom is 0.407 e. The summed E-state index contributed by atoms with van der Waals surface area (Å²) in [6.07, 6.45) is 10.9. The van der Waals surface area contributed by atoms with Crippen molar-refractivity contribution < 1.29 is 14.3 Å². The lowest BCUT2D eigenvalue weighted by Gasteiger charge is -2.35. The van der Waals surface area contributed by atoms with Gasteiger partial charge in [-0.3, -0.25) is 19.8 Å². The molecule has 2 saturated carbocycles. The van der Waals surface area contributed by atoms with Crippen molar-refractivity contribution in [2.24, 2.45) is 5.41 Å². The number of hydrogen-bond acceptors (Lipinski definition) is 7. The normalized spacial score (nSPS) is 20.3. The minimum atomic E-state index is -1.23. The molecule has 3 heterocycles. The molecule has 47 heavy (non-hydrogen) atoms. The van der Waals surface area contributed by atoms with E-state index in [-0.39, 0.29) is 29.9 Å². The Labute approximate surface area is 278 Å². The van der Waals surface area contributed by atoms with E-state index in [9.17, 15) is 15.0 Å². The van der Waals surface area contributed by atoms with E-state index >= 15 is 0 Å². The summed E-state index contributed by atoms with van der Waals surface area (Å²) < 4.78 is 9.24. The van der Waals surface area contributed by atoms with Gasteiger partial charge in [0.05, 0.1) is 29.0 Å². The zero-order valence-corrected chi connectivity index (χ0v) is 27.4. The second-order valence-electron chi connectivity index (χ2n) is 13.9. The van der Waals surface area contributed by atoms with Crippen LogP contribution in [0.5, 0.6) is 0 Å². The number of hydrogen-bond donors (Lipinski definition) is 3. The van der Waals surface area contributed by atoms with Crippen LogP contribution >= 0.6 is 11.6 Å². The summed E-state index contributed by atoms with van der Waals surface area (Å²) in [6, 6.07) is 12.9. The number of nitrogens with one attached hydrogen (secondary N) is 3. The molecule has 0 bridgehead atoms. The van der Waals surface area contributed by atoms with Gasteiger partial charge in [-0.1, -0.05) is 62.7 Å². The Morgan fingerprint density at radius 3 is 2.55 bits per heavy atom. The van der Waals surface area contributed by atoms with Crippen LogP contribution in [-0.2, 0) is 15.1 Å². The van der Waals surface area contributed by atoms with Gasteiger partial charge >= 0.3 is 6.09 Å². The van der Waals surface area contributed by atoms with Gasteiger partial charge < -0.3 is 15.4 Å². The molecule has 7 rings (SSSR count). The molecule has 2 aliphatic carbocycles. The van der Waals surface area contributed by atoms with E-state index in [0.29, 0.717) is 28.7 Å². The molecule has 0 spiro atoms. The second-order valence-corrected chi connectivity index (χ2v) is 14.3. The molecule has 2 aromatic heterocycles. The summed E-state index contributed by atoms with van der Waals surface area (Å²) in [6.45, 7) is 6.04. The molecule has 0 unspecified atom stereocenters. The van der Waals surface area contributed by atoms with Crippen LogP contribution in [-0.4, -0.2) is 60.1 Å². The van der Waals surface area contributed by atoms with E-state index in [1.54, 1.807) is 18.2 Å². The van der Waals surface area contributed by atoms with Gasteiger partial charge in [0.1, 0.15) is 24.8 Å². The SMILES string of the molecule is CC(C)(C)C[C@]1(c2ccc(-c3cnn(C4CC4)c3)cc2)NC(=N)N([C@H](COC(=O)NC2CC2)c2ccc(Cl)c(-n3cncn3)c2)C1=O. The highest BCUT2D eigenvalue weighted by Crippen LogP contribution is 2.43. The lowest BCUT2D eigenvalue weighted by Crippen LogP contribution is -2.47. The number of guanidine groups is 1. The van der Waals surface area contributed by atoms with Crippen LogP contribution in [0.3, 0.4) is 0 Å². The van der Waals surface area contributed by atoms with Crippen LogP contribution in [0, 0.1) is 10.8 Å². The third kappa shape index (κ3) is 6.34. The van der Waals surface area contributed by atoms with E-state index in [1.165, 1.54) is 22.2 Å². The fourth-order valence-corrected chi connectivity index (χ4v) is 6.47. The van der Waals surface area contributed by atoms with Crippen molar-refractivity contribution in [1.29, 1.82) is 5.41 Å². The van der Waals surface area contributed by atoms with Gasteiger partial charge in [-0.25, -0.2) is 14.5 Å². The fraction of sp³-hybridized carbons (Fsp3) is 0.412. The summed E-state index contributed by atoms with van der Waals surface area (Å²) in [4.78, 5) is 33.0. The van der Waals surface area contributed by atoms with Crippen molar-refractivity contribution in [3.8, 4) is 16.8 Å². The summed E-state index contributed by atoms with van der Waals surface area (Å²) >= 11 is 6.55. The summed E-state index contributed by atoms with van der Waals surface area (Å²) in [5.41, 5.74) is 2.39.